The van der Waals surface area contributed by atoms with Gasteiger partial charge in [0.25, 0.3) is 0 Å². The Morgan fingerprint density at radius 2 is 1.71 bits per heavy atom. The number of nitrogens with one attached hydrogen (secondary N) is 2. The van der Waals surface area contributed by atoms with Gasteiger partial charge in [0.15, 0.2) is 0 Å². The maximum Gasteiger partial charge on any atom is 0.416 e. The molecular formula is C32H44F3N5O2. The summed E-state index contributed by atoms with van der Waals surface area (Å²) in [5.74, 6) is 0.464. The summed E-state index contributed by atoms with van der Waals surface area (Å²) in [6.45, 7) is 7.51. The lowest BCUT2D eigenvalue weighted by Crippen LogP contribution is -2.73. The molecule has 0 radical (unpaired) electrons. The van der Waals surface area contributed by atoms with Crippen LogP contribution in [0.5, 0.6) is 0 Å². The molecule has 1 aliphatic carbocycles. The van der Waals surface area contributed by atoms with Crippen LogP contribution in [0.3, 0.4) is 0 Å². The molecule has 2 amide bonds. The third kappa shape index (κ3) is 5.96. The van der Waals surface area contributed by atoms with Gasteiger partial charge in [-0.05, 0) is 63.1 Å². The predicted octanol–water partition coefficient (Wildman–Crippen LogP) is 6.07. The van der Waals surface area contributed by atoms with E-state index in [0.717, 1.165) is 60.3 Å². The Bertz CT molecular complexity index is 1220. The van der Waals surface area contributed by atoms with Crippen molar-refractivity contribution in [1.29, 1.82) is 0 Å². The van der Waals surface area contributed by atoms with E-state index in [9.17, 15) is 22.8 Å². The van der Waals surface area contributed by atoms with Gasteiger partial charge in [0.1, 0.15) is 11.6 Å². The number of carbonyl (C=O) groups excluding carboxylic acids is 2. The van der Waals surface area contributed by atoms with E-state index in [0.29, 0.717) is 44.8 Å². The smallest absolute Gasteiger partial charge is 0.342 e. The quantitative estimate of drug-likeness (QED) is 0.393. The number of halogens is 3. The fourth-order valence-corrected chi connectivity index (χ4v) is 7.46. The fourth-order valence-electron chi connectivity index (χ4n) is 7.46. The molecule has 5 rings (SSSR count). The number of H-pyrrole nitrogens is 1. The second kappa shape index (κ2) is 12.4. The van der Waals surface area contributed by atoms with E-state index in [1.54, 1.807) is 12.1 Å². The summed E-state index contributed by atoms with van der Waals surface area (Å²) < 4.78 is 40.0. The van der Waals surface area contributed by atoms with E-state index in [1.165, 1.54) is 19.3 Å². The summed E-state index contributed by atoms with van der Waals surface area (Å²) >= 11 is 0. The third-order valence-electron chi connectivity index (χ3n) is 9.84. The average Bonchev–Trinajstić information content (AvgIpc) is 3.30. The second-order valence-corrected chi connectivity index (χ2v) is 12.5. The Morgan fingerprint density at radius 3 is 2.29 bits per heavy atom. The zero-order valence-corrected chi connectivity index (χ0v) is 25.0. The van der Waals surface area contributed by atoms with E-state index in [-0.39, 0.29) is 17.9 Å². The molecule has 3 fully saturated rings. The maximum atomic E-state index is 13.9. The fraction of sp³-hybridized carbons (Fsp3) is 0.656. The Kier molecular flexibility index (Phi) is 9.02. The number of likely N-dealkylation sites (tertiary alicyclic amines) is 1. The number of aryl methyl sites for hydroxylation is 2. The van der Waals surface area contributed by atoms with Crippen LogP contribution in [-0.4, -0.2) is 63.0 Å². The van der Waals surface area contributed by atoms with Crippen LogP contribution < -0.4 is 5.32 Å². The van der Waals surface area contributed by atoms with E-state index < -0.39 is 23.3 Å². The van der Waals surface area contributed by atoms with Crippen molar-refractivity contribution in [3.05, 3.63) is 52.3 Å². The molecule has 7 nitrogen and oxygen atoms in total. The lowest BCUT2D eigenvalue weighted by Gasteiger charge is -2.53. The number of hydrogen-bond donors (Lipinski definition) is 2. The van der Waals surface area contributed by atoms with Crippen LogP contribution in [-0.2, 0) is 15.8 Å². The standard InChI is InChI=1S/C32H44F3N5O2/c1-4-5-17-40-29(41)26(20-23-9-7-6-8-10-23)36-30(42)31(40)15-18-39(19-16-31)28(27-21(2)37-38-22(27)3)24-11-13-25(14-12-24)32(33,34)35/h11-14,23,26,28H,4-10,15-20H2,1-3H3,(H,36,42)(H,37,38). The predicted molar refractivity (Wildman–Crippen MR) is 155 cm³/mol. The van der Waals surface area contributed by atoms with Crippen LogP contribution in [0.2, 0.25) is 0 Å². The van der Waals surface area contributed by atoms with Crippen molar-refractivity contribution >= 4 is 11.8 Å². The van der Waals surface area contributed by atoms with Crippen LogP contribution in [0, 0.1) is 19.8 Å². The lowest BCUT2D eigenvalue weighted by atomic mass is 9.78. The molecule has 1 aromatic carbocycles. The van der Waals surface area contributed by atoms with Crippen LogP contribution in [0.1, 0.15) is 105 Å². The molecule has 3 heterocycles. The van der Waals surface area contributed by atoms with Gasteiger partial charge < -0.3 is 10.2 Å². The number of carbonyl (C=O) groups is 2. The summed E-state index contributed by atoms with van der Waals surface area (Å²) in [5.41, 5.74) is 1.74. The topological polar surface area (TPSA) is 81.3 Å². The first kappa shape index (κ1) is 30.6. The largest absolute Gasteiger partial charge is 0.416 e. The molecule has 3 aliphatic rings. The number of piperazine rings is 1. The van der Waals surface area contributed by atoms with E-state index in [2.05, 4.69) is 27.3 Å². The summed E-state index contributed by atoms with van der Waals surface area (Å²) in [7, 11) is 0. The zero-order valence-electron chi connectivity index (χ0n) is 25.0. The molecule has 2 unspecified atom stereocenters. The molecule has 10 heteroatoms. The molecule has 2 saturated heterocycles. The summed E-state index contributed by atoms with van der Waals surface area (Å²) in [5, 5.41) is 10.6. The van der Waals surface area contributed by atoms with Crippen molar-refractivity contribution in [3.8, 4) is 0 Å². The number of aromatic nitrogens is 2. The number of benzene rings is 1. The Morgan fingerprint density at radius 1 is 1.05 bits per heavy atom. The minimum atomic E-state index is -4.41. The summed E-state index contributed by atoms with van der Waals surface area (Å²) in [6.07, 6.45) is 4.86. The van der Waals surface area contributed by atoms with Crippen molar-refractivity contribution < 1.29 is 22.8 Å². The van der Waals surface area contributed by atoms with Gasteiger partial charge in [0.05, 0.1) is 17.3 Å². The highest BCUT2D eigenvalue weighted by Crippen LogP contribution is 2.41. The lowest BCUT2D eigenvalue weighted by molar-refractivity contribution is -0.162. The molecule has 1 saturated carbocycles. The number of unbranched alkanes of at least 4 members (excludes halogenated alkanes) is 1. The molecule has 1 aromatic heterocycles. The van der Waals surface area contributed by atoms with Crippen LogP contribution >= 0.6 is 0 Å². The molecule has 0 bridgehead atoms. The minimum Gasteiger partial charge on any atom is -0.342 e. The maximum absolute atomic E-state index is 13.9. The molecule has 2 aliphatic heterocycles. The highest BCUT2D eigenvalue weighted by molar-refractivity contribution is 6.00. The van der Waals surface area contributed by atoms with Crippen molar-refractivity contribution in [2.75, 3.05) is 19.6 Å². The average molecular weight is 588 g/mol. The normalized spacial score (nSPS) is 22.9. The van der Waals surface area contributed by atoms with Crippen molar-refractivity contribution in [3.63, 3.8) is 0 Å². The van der Waals surface area contributed by atoms with Crippen molar-refractivity contribution in [1.82, 2.24) is 25.3 Å². The summed E-state index contributed by atoms with van der Waals surface area (Å²) in [4.78, 5) is 32.0. The molecular weight excluding hydrogens is 543 g/mol. The van der Waals surface area contributed by atoms with E-state index in [4.69, 9.17) is 0 Å². The minimum absolute atomic E-state index is 0.0443. The van der Waals surface area contributed by atoms with Gasteiger partial charge in [-0.1, -0.05) is 57.6 Å². The Balaban J connectivity index is 1.40. The number of nitrogens with zero attached hydrogens (tertiary/aromatic N) is 3. The third-order valence-corrected chi connectivity index (χ3v) is 9.84. The van der Waals surface area contributed by atoms with E-state index >= 15 is 0 Å². The SMILES string of the molecule is CCCCN1C(=O)C(CC2CCCCC2)NC(=O)C12CCN(C(c1ccc(C(F)(F)F)cc1)c1c(C)n[nH]c1C)CC2. The first-order valence-electron chi connectivity index (χ1n) is 15.6. The van der Waals surface area contributed by atoms with Gasteiger partial charge in [0.2, 0.25) is 11.8 Å². The van der Waals surface area contributed by atoms with Crippen LogP contribution in [0.25, 0.3) is 0 Å². The molecule has 2 N–H and O–H groups in total. The zero-order chi connectivity index (χ0) is 30.1. The molecule has 42 heavy (non-hydrogen) atoms. The number of piperidine rings is 1. The van der Waals surface area contributed by atoms with E-state index in [1.807, 2.05) is 18.7 Å². The number of aromatic amines is 1. The van der Waals surface area contributed by atoms with Gasteiger partial charge in [-0.15, -0.1) is 0 Å². The number of hydrogen-bond acceptors (Lipinski definition) is 4. The van der Waals surface area contributed by atoms with Crippen LogP contribution in [0.15, 0.2) is 24.3 Å². The monoisotopic (exact) mass is 587 g/mol. The molecule has 230 valence electrons. The van der Waals surface area contributed by atoms with Gasteiger partial charge in [-0.3, -0.25) is 19.6 Å². The van der Waals surface area contributed by atoms with Gasteiger partial charge in [-0.25, -0.2) is 0 Å². The molecule has 1 spiro atoms. The molecule has 2 atom stereocenters. The first-order valence-corrected chi connectivity index (χ1v) is 15.6. The van der Waals surface area contributed by atoms with Crippen molar-refractivity contribution in [2.24, 2.45) is 5.92 Å². The number of alkyl halides is 3. The number of amides is 2. The van der Waals surface area contributed by atoms with Gasteiger partial charge >= 0.3 is 6.18 Å². The number of rotatable bonds is 8. The highest BCUT2D eigenvalue weighted by Gasteiger charge is 2.54. The molecule has 2 aromatic rings. The van der Waals surface area contributed by atoms with Crippen LogP contribution in [0.4, 0.5) is 13.2 Å². The second-order valence-electron chi connectivity index (χ2n) is 12.5. The highest BCUT2D eigenvalue weighted by atomic mass is 19.4. The van der Waals surface area contributed by atoms with Gasteiger partial charge in [0, 0.05) is 30.9 Å². The van der Waals surface area contributed by atoms with Gasteiger partial charge in [-0.2, -0.15) is 18.3 Å². The summed E-state index contributed by atoms with van der Waals surface area (Å²) in [6, 6.07) is 4.56. The Hall–Kier alpha value is -2.88. The first-order chi connectivity index (χ1) is 20.0. The Labute approximate surface area is 246 Å². The van der Waals surface area contributed by atoms with Crippen molar-refractivity contribution in [2.45, 2.75) is 109 Å².